The topological polar surface area (TPSA) is 79.4 Å². The summed E-state index contributed by atoms with van der Waals surface area (Å²) in [5, 5.41) is 2.66. The highest BCUT2D eigenvalue weighted by Crippen LogP contribution is 2.27. The minimum absolute atomic E-state index is 0.0259. The van der Waals surface area contributed by atoms with Crippen LogP contribution in [-0.4, -0.2) is 36.2 Å². The van der Waals surface area contributed by atoms with E-state index in [1.54, 1.807) is 12.3 Å². The molecule has 1 aromatic carbocycles. The fourth-order valence-corrected chi connectivity index (χ4v) is 4.44. The van der Waals surface area contributed by atoms with Gasteiger partial charge in [-0.3, -0.25) is 4.79 Å². The maximum absolute atomic E-state index is 13.0. The Balaban J connectivity index is 1.80. The Morgan fingerprint density at radius 2 is 1.96 bits per heavy atom. The molecular formula is C17H18FN3O3S. The molecule has 8 heteroatoms. The molecule has 1 aliphatic rings. The zero-order valence-corrected chi connectivity index (χ0v) is 14.5. The van der Waals surface area contributed by atoms with E-state index in [-0.39, 0.29) is 11.4 Å². The van der Waals surface area contributed by atoms with E-state index >= 15 is 0 Å². The molecule has 1 fully saturated rings. The van der Waals surface area contributed by atoms with Crippen molar-refractivity contribution in [3.8, 4) is 0 Å². The molecular weight excluding hydrogens is 345 g/mol. The summed E-state index contributed by atoms with van der Waals surface area (Å²) < 4.78 is 39.7. The number of carbonyl (C=O) groups excluding carboxylic acids is 1. The lowest BCUT2D eigenvalue weighted by Crippen LogP contribution is -2.43. The molecule has 25 heavy (non-hydrogen) atoms. The third-order valence-corrected chi connectivity index (χ3v) is 6.01. The second kappa shape index (κ2) is 6.89. The van der Waals surface area contributed by atoms with Gasteiger partial charge in [0.2, 0.25) is 15.9 Å². The normalized spacial score (nSPS) is 18.2. The van der Waals surface area contributed by atoms with Crippen LogP contribution in [0.2, 0.25) is 0 Å². The summed E-state index contributed by atoms with van der Waals surface area (Å²) >= 11 is 0. The first-order valence-corrected chi connectivity index (χ1v) is 9.33. The zero-order valence-electron chi connectivity index (χ0n) is 13.6. The van der Waals surface area contributed by atoms with E-state index in [0.29, 0.717) is 18.7 Å². The van der Waals surface area contributed by atoms with Crippen LogP contribution in [0.15, 0.2) is 47.5 Å². The molecule has 1 amide bonds. The maximum atomic E-state index is 13.0. The van der Waals surface area contributed by atoms with Crippen LogP contribution in [0.4, 0.5) is 10.2 Å². The number of amides is 1. The van der Waals surface area contributed by atoms with Crippen LogP contribution in [0.25, 0.3) is 0 Å². The molecule has 0 radical (unpaired) electrons. The fraction of sp³-hybridized carbons (Fsp3) is 0.294. The Morgan fingerprint density at radius 3 is 2.60 bits per heavy atom. The van der Waals surface area contributed by atoms with E-state index in [9.17, 15) is 17.6 Å². The first-order valence-electron chi connectivity index (χ1n) is 7.89. The van der Waals surface area contributed by atoms with Gasteiger partial charge in [-0.15, -0.1) is 0 Å². The molecule has 2 heterocycles. The molecule has 1 saturated heterocycles. The van der Waals surface area contributed by atoms with Crippen LogP contribution < -0.4 is 5.32 Å². The Labute approximate surface area is 145 Å². The third-order valence-electron chi connectivity index (χ3n) is 4.09. The van der Waals surface area contributed by atoms with Crippen molar-refractivity contribution in [3.63, 3.8) is 0 Å². The van der Waals surface area contributed by atoms with Crippen LogP contribution in [0, 0.1) is 12.7 Å². The molecule has 0 saturated carbocycles. The number of halogens is 1. The molecule has 1 N–H and O–H groups in total. The lowest BCUT2D eigenvalue weighted by Gasteiger charge is -2.23. The highest BCUT2D eigenvalue weighted by Gasteiger charge is 2.39. The van der Waals surface area contributed by atoms with Crippen molar-refractivity contribution in [1.29, 1.82) is 0 Å². The maximum Gasteiger partial charge on any atom is 0.243 e. The third kappa shape index (κ3) is 3.69. The number of pyridine rings is 1. The van der Waals surface area contributed by atoms with Gasteiger partial charge >= 0.3 is 0 Å². The Morgan fingerprint density at radius 1 is 1.24 bits per heavy atom. The first kappa shape index (κ1) is 17.5. The average Bonchev–Trinajstić information content (AvgIpc) is 3.08. The fourth-order valence-electron chi connectivity index (χ4n) is 2.78. The summed E-state index contributed by atoms with van der Waals surface area (Å²) in [4.78, 5) is 16.6. The van der Waals surface area contributed by atoms with Gasteiger partial charge in [0.05, 0.1) is 4.90 Å². The molecule has 3 rings (SSSR count). The smallest absolute Gasteiger partial charge is 0.243 e. The monoisotopic (exact) mass is 363 g/mol. The second-order valence-electron chi connectivity index (χ2n) is 5.94. The molecule has 1 atom stereocenters. The van der Waals surface area contributed by atoms with Crippen LogP contribution >= 0.6 is 0 Å². The van der Waals surface area contributed by atoms with E-state index in [1.165, 1.54) is 16.4 Å². The lowest BCUT2D eigenvalue weighted by atomic mass is 10.2. The number of hydrogen-bond acceptors (Lipinski definition) is 4. The van der Waals surface area contributed by atoms with Gasteiger partial charge in [0.25, 0.3) is 0 Å². The highest BCUT2D eigenvalue weighted by atomic mass is 32.2. The predicted octanol–water partition coefficient (Wildman–Crippen LogP) is 2.32. The molecule has 0 bridgehead atoms. The van der Waals surface area contributed by atoms with Gasteiger partial charge < -0.3 is 5.32 Å². The Bertz CT molecular complexity index is 867. The van der Waals surface area contributed by atoms with Crippen LogP contribution in [-0.2, 0) is 14.8 Å². The first-order chi connectivity index (χ1) is 11.9. The molecule has 6 nitrogen and oxygen atoms in total. The molecule has 0 aliphatic carbocycles. The summed E-state index contributed by atoms with van der Waals surface area (Å²) in [6, 6.07) is 7.27. The summed E-state index contributed by atoms with van der Waals surface area (Å²) in [5.74, 6) is -0.554. The van der Waals surface area contributed by atoms with Crippen molar-refractivity contribution in [2.75, 3.05) is 11.9 Å². The number of nitrogens with zero attached hydrogens (tertiary/aromatic N) is 2. The number of hydrogen-bond donors (Lipinski definition) is 1. The average molecular weight is 363 g/mol. The van der Waals surface area contributed by atoms with Gasteiger partial charge in [0.1, 0.15) is 17.7 Å². The zero-order chi connectivity index (χ0) is 18.0. The van der Waals surface area contributed by atoms with Crippen molar-refractivity contribution < 1.29 is 17.6 Å². The van der Waals surface area contributed by atoms with Crippen LogP contribution in [0.3, 0.4) is 0 Å². The van der Waals surface area contributed by atoms with Crippen molar-refractivity contribution in [3.05, 3.63) is 54.0 Å². The van der Waals surface area contributed by atoms with E-state index in [1.807, 2.05) is 13.0 Å². The highest BCUT2D eigenvalue weighted by molar-refractivity contribution is 7.89. The number of anilines is 1. The second-order valence-corrected chi connectivity index (χ2v) is 7.83. The van der Waals surface area contributed by atoms with Gasteiger partial charge in [-0.05, 0) is 55.7 Å². The summed E-state index contributed by atoms with van der Waals surface area (Å²) in [7, 11) is -3.86. The standard InChI is InChI=1S/C17H18FN3O3S/c1-12-4-9-16(19-11-12)20-17(22)15-3-2-10-21(15)25(23,24)14-7-5-13(18)6-8-14/h4-9,11,15H,2-3,10H2,1H3,(H,19,20,22)/t15-/m1/s1. The Kier molecular flexibility index (Phi) is 4.82. The number of sulfonamides is 1. The SMILES string of the molecule is Cc1ccc(NC(=O)[C@H]2CCCN2S(=O)(=O)c2ccc(F)cc2)nc1. The van der Waals surface area contributed by atoms with Gasteiger partial charge in [-0.25, -0.2) is 17.8 Å². The summed E-state index contributed by atoms with van der Waals surface area (Å²) in [6.45, 7) is 2.13. The quantitative estimate of drug-likeness (QED) is 0.904. The molecule has 1 aromatic heterocycles. The Hall–Kier alpha value is -2.32. The molecule has 2 aromatic rings. The molecule has 132 valence electrons. The summed E-state index contributed by atoms with van der Waals surface area (Å²) in [5.41, 5.74) is 0.958. The van der Waals surface area contributed by atoms with Gasteiger partial charge in [0.15, 0.2) is 0 Å². The number of rotatable bonds is 4. The van der Waals surface area contributed by atoms with Crippen molar-refractivity contribution >= 4 is 21.7 Å². The summed E-state index contributed by atoms with van der Waals surface area (Å²) in [6.07, 6.45) is 2.63. The minimum Gasteiger partial charge on any atom is -0.309 e. The number of aromatic nitrogens is 1. The van der Waals surface area contributed by atoms with Crippen molar-refractivity contribution in [1.82, 2.24) is 9.29 Å². The number of carbonyl (C=O) groups is 1. The molecule has 1 aliphatic heterocycles. The number of nitrogens with one attached hydrogen (secondary N) is 1. The van der Waals surface area contributed by atoms with E-state index in [0.717, 1.165) is 17.7 Å². The van der Waals surface area contributed by atoms with E-state index < -0.39 is 27.8 Å². The largest absolute Gasteiger partial charge is 0.309 e. The number of aryl methyl sites for hydroxylation is 1. The van der Waals surface area contributed by atoms with Gasteiger partial charge in [-0.2, -0.15) is 4.31 Å². The molecule has 0 unspecified atom stereocenters. The van der Waals surface area contributed by atoms with Crippen molar-refractivity contribution in [2.24, 2.45) is 0 Å². The van der Waals surface area contributed by atoms with Crippen LogP contribution in [0.1, 0.15) is 18.4 Å². The van der Waals surface area contributed by atoms with Crippen LogP contribution in [0.5, 0.6) is 0 Å². The van der Waals surface area contributed by atoms with Gasteiger partial charge in [0, 0.05) is 12.7 Å². The lowest BCUT2D eigenvalue weighted by molar-refractivity contribution is -0.119. The van der Waals surface area contributed by atoms with E-state index in [4.69, 9.17) is 0 Å². The predicted molar refractivity (Wildman–Crippen MR) is 90.9 cm³/mol. The minimum atomic E-state index is -3.86. The van der Waals surface area contributed by atoms with E-state index in [2.05, 4.69) is 10.3 Å². The number of benzene rings is 1. The van der Waals surface area contributed by atoms with Gasteiger partial charge in [-0.1, -0.05) is 6.07 Å². The van der Waals surface area contributed by atoms with Crippen molar-refractivity contribution in [2.45, 2.75) is 30.7 Å². The molecule has 0 spiro atoms.